The lowest BCUT2D eigenvalue weighted by molar-refractivity contribution is 0.584. The van der Waals surface area contributed by atoms with Crippen LogP contribution in [0.4, 0.5) is 5.69 Å². The summed E-state index contributed by atoms with van der Waals surface area (Å²) >= 11 is 0. The number of aliphatic imine (C=N–C) groups is 1. The number of sulfonamides is 1. The van der Waals surface area contributed by atoms with Crippen molar-refractivity contribution in [3.05, 3.63) is 42.8 Å². The van der Waals surface area contributed by atoms with E-state index in [1.807, 2.05) is 18.2 Å². The predicted molar refractivity (Wildman–Crippen MR) is 90.3 cm³/mol. The van der Waals surface area contributed by atoms with Crippen molar-refractivity contribution in [2.24, 2.45) is 4.99 Å². The summed E-state index contributed by atoms with van der Waals surface area (Å²) in [5, 5.41) is 1.93. The zero-order chi connectivity index (χ0) is 16.1. The average Bonchev–Trinajstić information content (AvgIpc) is 2.68. The average molecular weight is 315 g/mol. The van der Waals surface area contributed by atoms with Crippen LogP contribution in [-0.4, -0.2) is 20.7 Å². The highest BCUT2D eigenvalue weighted by Gasteiger charge is 2.38. The molecule has 0 aromatic heterocycles. The Labute approximate surface area is 131 Å². The van der Waals surface area contributed by atoms with Gasteiger partial charge in [-0.2, -0.15) is 0 Å². The van der Waals surface area contributed by atoms with Crippen LogP contribution >= 0.6 is 0 Å². The zero-order valence-electron chi connectivity index (χ0n) is 13.0. The van der Waals surface area contributed by atoms with Crippen LogP contribution in [0.5, 0.6) is 0 Å². The van der Waals surface area contributed by atoms with Crippen LogP contribution in [0.2, 0.25) is 0 Å². The lowest BCUT2D eigenvalue weighted by Crippen LogP contribution is -2.24. The van der Waals surface area contributed by atoms with Gasteiger partial charge in [0.25, 0.3) is 0 Å². The largest absolute Gasteiger partial charge is 0.240 e. The quantitative estimate of drug-likeness (QED) is 0.883. The number of hydrogen-bond donors (Lipinski definition) is 1. The fourth-order valence-corrected chi connectivity index (χ4v) is 3.97. The first kappa shape index (κ1) is 15.1. The molecule has 114 valence electrons. The van der Waals surface area contributed by atoms with Gasteiger partial charge in [0, 0.05) is 12.1 Å². The molecule has 1 aliphatic rings. The molecule has 0 radical (unpaired) electrons. The molecule has 5 heteroatoms. The molecule has 0 bridgehead atoms. The second-order valence-electron chi connectivity index (χ2n) is 6.03. The Morgan fingerprint density at radius 1 is 1.23 bits per heavy atom. The molecule has 0 unspecified atom stereocenters. The molecule has 22 heavy (non-hydrogen) atoms. The molecule has 1 N–H and O–H groups in total. The first-order chi connectivity index (χ1) is 10.3. The molecule has 1 heterocycles. The van der Waals surface area contributed by atoms with Crippen molar-refractivity contribution in [3.63, 3.8) is 0 Å². The number of hydrogen-bond acceptors (Lipinski definition) is 3. The van der Waals surface area contributed by atoms with E-state index in [0.717, 1.165) is 27.7 Å². The summed E-state index contributed by atoms with van der Waals surface area (Å²) < 4.78 is 27.0. The Morgan fingerprint density at radius 2 is 1.91 bits per heavy atom. The number of nitrogens with one attached hydrogen (secondary N) is 1. The Hall–Kier alpha value is -1.85. The van der Waals surface area contributed by atoms with Crippen LogP contribution in [0.3, 0.4) is 0 Å². The number of rotatable bonds is 3. The highest BCUT2D eigenvalue weighted by molar-refractivity contribution is 7.89. The number of benzene rings is 2. The molecule has 0 saturated carbocycles. The van der Waals surface area contributed by atoms with Crippen LogP contribution in [0.15, 0.2) is 40.2 Å². The third-order valence-electron chi connectivity index (χ3n) is 4.22. The van der Waals surface area contributed by atoms with E-state index in [1.165, 1.54) is 0 Å². The third kappa shape index (κ3) is 2.12. The molecule has 1 aliphatic heterocycles. The second kappa shape index (κ2) is 4.83. The van der Waals surface area contributed by atoms with Crippen LogP contribution in [0, 0.1) is 6.92 Å². The zero-order valence-corrected chi connectivity index (χ0v) is 13.8. The lowest BCUT2D eigenvalue weighted by atomic mass is 9.80. The monoisotopic (exact) mass is 315 g/mol. The molecule has 0 atom stereocenters. The van der Waals surface area contributed by atoms with Crippen molar-refractivity contribution in [3.8, 4) is 0 Å². The van der Waals surface area contributed by atoms with Gasteiger partial charge in [-0.25, -0.2) is 18.1 Å². The lowest BCUT2D eigenvalue weighted by Gasteiger charge is -2.19. The molecule has 0 amide bonds. The summed E-state index contributed by atoms with van der Waals surface area (Å²) in [6, 6.07) is 9.16. The second-order valence-corrected chi connectivity index (χ2v) is 7.79. The number of fused-ring (bicyclic) bond motifs is 3. The van der Waals surface area contributed by atoms with Gasteiger partial charge in [0.15, 0.2) is 0 Å². The van der Waals surface area contributed by atoms with E-state index in [0.29, 0.717) is 6.54 Å². The molecule has 0 aliphatic carbocycles. The smallest absolute Gasteiger partial charge is 0.211 e. The van der Waals surface area contributed by atoms with E-state index in [9.17, 15) is 8.42 Å². The summed E-state index contributed by atoms with van der Waals surface area (Å²) in [6.45, 7) is 10.3. The fourth-order valence-electron chi connectivity index (χ4n) is 2.91. The highest BCUT2D eigenvalue weighted by atomic mass is 32.2. The normalized spacial score (nSPS) is 16.6. The molecule has 3 rings (SSSR count). The standard InChI is InChI=1S/C17H19N2O2S/c1-5-18-22(20,21)13-8-6-12-7-9-15-16(14(12)10-13)17(3,4)11(2)19-15/h6-10,18H,2,5H2,1,3-4H3/q+1. The van der Waals surface area contributed by atoms with E-state index in [2.05, 4.69) is 30.5 Å². The fraction of sp³-hybridized carbons (Fsp3) is 0.294. The van der Waals surface area contributed by atoms with Gasteiger partial charge < -0.3 is 0 Å². The molecular formula is C17H19N2O2S+. The first-order valence-corrected chi connectivity index (χ1v) is 8.73. The van der Waals surface area contributed by atoms with E-state index in [1.54, 1.807) is 19.1 Å². The topological polar surface area (TPSA) is 58.5 Å². The van der Waals surface area contributed by atoms with Crippen molar-refractivity contribution in [2.75, 3.05) is 6.54 Å². The van der Waals surface area contributed by atoms with Gasteiger partial charge in [0.1, 0.15) is 6.92 Å². The van der Waals surface area contributed by atoms with E-state index < -0.39 is 10.0 Å². The maximum absolute atomic E-state index is 12.2. The summed E-state index contributed by atoms with van der Waals surface area (Å²) in [7, 11) is -3.47. The minimum absolute atomic E-state index is 0.281. The minimum Gasteiger partial charge on any atom is -0.211 e. The summed E-state index contributed by atoms with van der Waals surface area (Å²) in [6.07, 6.45) is 0. The maximum Gasteiger partial charge on any atom is 0.240 e. The van der Waals surface area contributed by atoms with Crippen LogP contribution in [0.1, 0.15) is 26.3 Å². The van der Waals surface area contributed by atoms with Crippen LogP contribution < -0.4 is 4.72 Å². The Bertz CT molecular complexity index is 896. The van der Waals surface area contributed by atoms with Gasteiger partial charge in [-0.3, -0.25) is 0 Å². The van der Waals surface area contributed by atoms with E-state index in [-0.39, 0.29) is 10.3 Å². The molecule has 4 nitrogen and oxygen atoms in total. The molecular weight excluding hydrogens is 296 g/mol. The van der Waals surface area contributed by atoms with Crippen molar-refractivity contribution < 1.29 is 8.42 Å². The third-order valence-corrected chi connectivity index (χ3v) is 5.76. The van der Waals surface area contributed by atoms with Crippen molar-refractivity contribution in [1.82, 2.24) is 4.72 Å². The molecule has 0 spiro atoms. The van der Waals surface area contributed by atoms with E-state index >= 15 is 0 Å². The van der Waals surface area contributed by atoms with Crippen molar-refractivity contribution in [1.29, 1.82) is 0 Å². The van der Waals surface area contributed by atoms with Crippen molar-refractivity contribution >= 4 is 32.2 Å². The summed E-state index contributed by atoms with van der Waals surface area (Å²) in [5.74, 6) is 0. The Balaban J connectivity index is 2.29. The molecule has 0 fully saturated rings. The summed E-state index contributed by atoms with van der Waals surface area (Å²) in [5.41, 5.74) is 2.43. The SMILES string of the molecule is [CH2+]C1=Nc2ccc3ccc(S(=O)(=O)NCC)cc3c2C1(C)C. The van der Waals surface area contributed by atoms with Gasteiger partial charge in [-0.15, -0.1) is 0 Å². The van der Waals surface area contributed by atoms with Gasteiger partial charge >= 0.3 is 0 Å². The van der Waals surface area contributed by atoms with Gasteiger partial charge in [-0.05, 0) is 42.8 Å². The predicted octanol–water partition coefficient (Wildman–Crippen LogP) is 3.34. The minimum atomic E-state index is -3.47. The van der Waals surface area contributed by atoms with Gasteiger partial charge in [0.2, 0.25) is 15.7 Å². The van der Waals surface area contributed by atoms with Crippen LogP contribution in [-0.2, 0) is 15.4 Å². The van der Waals surface area contributed by atoms with Gasteiger partial charge in [-0.1, -0.05) is 19.1 Å². The van der Waals surface area contributed by atoms with Gasteiger partial charge in [0.05, 0.1) is 16.0 Å². The van der Waals surface area contributed by atoms with Crippen molar-refractivity contribution in [2.45, 2.75) is 31.1 Å². The first-order valence-electron chi connectivity index (χ1n) is 7.25. The summed E-state index contributed by atoms with van der Waals surface area (Å²) in [4.78, 5) is 4.80. The molecule has 0 saturated heterocycles. The Morgan fingerprint density at radius 3 is 2.59 bits per heavy atom. The van der Waals surface area contributed by atoms with E-state index in [4.69, 9.17) is 0 Å². The Kier molecular flexibility index (Phi) is 3.30. The molecule has 2 aromatic carbocycles. The maximum atomic E-state index is 12.2. The molecule has 2 aromatic rings. The number of nitrogens with zero attached hydrogens (tertiary/aromatic N) is 1. The highest BCUT2D eigenvalue weighted by Crippen LogP contribution is 2.44. The van der Waals surface area contributed by atoms with Crippen LogP contribution in [0.25, 0.3) is 10.8 Å².